The van der Waals surface area contributed by atoms with Crippen LogP contribution in [0.2, 0.25) is 5.15 Å². The molecule has 7 nitrogen and oxygen atoms in total. The number of hydrogen-bond donors (Lipinski definition) is 2. The van der Waals surface area contributed by atoms with Gasteiger partial charge in [-0.1, -0.05) is 11.6 Å². The van der Waals surface area contributed by atoms with Crippen LogP contribution in [0.5, 0.6) is 0 Å². The first-order chi connectivity index (χ1) is 11.4. The van der Waals surface area contributed by atoms with Crippen LogP contribution in [-0.2, 0) is 16.5 Å². The lowest BCUT2D eigenvalue weighted by molar-refractivity contribution is 0.291. The number of anilines is 1. The number of fused-ring (bicyclic) bond motifs is 1. The van der Waals surface area contributed by atoms with Crippen molar-refractivity contribution in [2.75, 3.05) is 31.2 Å². The molecule has 1 atom stereocenters. The fourth-order valence-electron chi connectivity index (χ4n) is 3.14. The van der Waals surface area contributed by atoms with Crippen LogP contribution in [0.1, 0.15) is 19.8 Å². The number of hydrogen-bond acceptors (Lipinski definition) is 5. The van der Waals surface area contributed by atoms with E-state index in [9.17, 15) is 4.21 Å². The Balaban J connectivity index is 1.68. The summed E-state index contributed by atoms with van der Waals surface area (Å²) in [4.78, 5) is 4.38. The largest absolute Gasteiger partial charge is 0.384 e. The quantitative estimate of drug-likeness (QED) is 0.847. The van der Waals surface area contributed by atoms with Gasteiger partial charge < -0.3 is 5.32 Å². The highest BCUT2D eigenvalue weighted by Gasteiger charge is 2.23. The summed E-state index contributed by atoms with van der Waals surface area (Å²) in [6.45, 7) is 4.98. The highest BCUT2D eigenvalue weighted by atomic mass is 35.5. The zero-order valence-corrected chi connectivity index (χ0v) is 15.5. The SMILES string of the molecule is CCn1nc(Cl)c2c(NCC3CCN([S@@](C)(=N)=O)CC3)ccnc21. The lowest BCUT2D eigenvalue weighted by atomic mass is 9.98. The van der Waals surface area contributed by atoms with Gasteiger partial charge in [-0.2, -0.15) is 5.10 Å². The zero-order chi connectivity index (χ0) is 17.3. The van der Waals surface area contributed by atoms with Crippen LogP contribution in [0, 0.1) is 10.7 Å². The minimum atomic E-state index is -2.57. The molecular weight excluding hydrogens is 348 g/mol. The molecular formula is C15H23ClN6OS. The van der Waals surface area contributed by atoms with Crippen molar-refractivity contribution < 1.29 is 4.21 Å². The smallest absolute Gasteiger partial charge is 0.162 e. The maximum atomic E-state index is 11.8. The van der Waals surface area contributed by atoms with E-state index < -0.39 is 9.92 Å². The van der Waals surface area contributed by atoms with Crippen molar-refractivity contribution >= 4 is 38.2 Å². The molecule has 0 saturated carbocycles. The molecule has 2 N–H and O–H groups in total. The molecule has 2 aromatic rings. The maximum Gasteiger partial charge on any atom is 0.162 e. The lowest BCUT2D eigenvalue weighted by Crippen LogP contribution is -2.38. The van der Waals surface area contributed by atoms with E-state index in [1.54, 1.807) is 15.2 Å². The highest BCUT2D eigenvalue weighted by molar-refractivity contribution is 7.89. The minimum Gasteiger partial charge on any atom is -0.384 e. The maximum absolute atomic E-state index is 11.8. The van der Waals surface area contributed by atoms with Gasteiger partial charge in [0, 0.05) is 44.3 Å². The van der Waals surface area contributed by atoms with Crippen molar-refractivity contribution in [1.29, 1.82) is 4.78 Å². The van der Waals surface area contributed by atoms with Gasteiger partial charge in [0.25, 0.3) is 0 Å². The summed E-state index contributed by atoms with van der Waals surface area (Å²) in [5.41, 5.74) is 1.74. The van der Waals surface area contributed by atoms with Crippen molar-refractivity contribution in [3.05, 3.63) is 17.4 Å². The van der Waals surface area contributed by atoms with Crippen LogP contribution in [0.4, 0.5) is 5.69 Å². The van der Waals surface area contributed by atoms with Gasteiger partial charge in [-0.25, -0.2) is 23.0 Å². The Morgan fingerprint density at radius 2 is 2.17 bits per heavy atom. The fourth-order valence-corrected chi connectivity index (χ4v) is 4.32. The van der Waals surface area contributed by atoms with Gasteiger partial charge in [-0.15, -0.1) is 0 Å². The molecule has 0 unspecified atom stereocenters. The Bertz CT molecular complexity index is 826. The van der Waals surface area contributed by atoms with Crippen LogP contribution in [-0.4, -0.2) is 49.2 Å². The second kappa shape index (κ2) is 6.85. The van der Waals surface area contributed by atoms with E-state index in [1.165, 1.54) is 6.26 Å². The third-order valence-corrected chi connectivity index (χ3v) is 6.15. The Hall–Kier alpha value is -1.38. The summed E-state index contributed by atoms with van der Waals surface area (Å²) in [5, 5.41) is 9.13. The molecule has 24 heavy (non-hydrogen) atoms. The average Bonchev–Trinajstić information content (AvgIpc) is 2.89. The topological polar surface area (TPSA) is 86.9 Å². The average molecular weight is 371 g/mol. The van der Waals surface area contributed by atoms with Gasteiger partial charge in [-0.05, 0) is 31.7 Å². The van der Waals surface area contributed by atoms with E-state index in [4.69, 9.17) is 16.4 Å². The first kappa shape index (κ1) is 17.4. The minimum absolute atomic E-state index is 0.470. The molecule has 0 aliphatic carbocycles. The van der Waals surface area contributed by atoms with Crippen molar-refractivity contribution in [1.82, 2.24) is 19.1 Å². The van der Waals surface area contributed by atoms with Gasteiger partial charge >= 0.3 is 0 Å². The molecule has 0 aromatic carbocycles. The molecule has 0 bridgehead atoms. The Morgan fingerprint density at radius 1 is 1.46 bits per heavy atom. The molecule has 0 spiro atoms. The van der Waals surface area contributed by atoms with Gasteiger partial charge in [-0.3, -0.25) is 0 Å². The van der Waals surface area contributed by atoms with Gasteiger partial charge in [0.05, 0.1) is 5.39 Å². The summed E-state index contributed by atoms with van der Waals surface area (Å²) >= 11 is 6.28. The van der Waals surface area contributed by atoms with E-state index in [0.717, 1.165) is 42.7 Å². The van der Waals surface area contributed by atoms with Crippen molar-refractivity contribution in [3.63, 3.8) is 0 Å². The third kappa shape index (κ3) is 3.50. The number of aryl methyl sites for hydroxylation is 1. The molecule has 0 amide bonds. The second-order valence-electron chi connectivity index (χ2n) is 6.22. The first-order valence-corrected chi connectivity index (χ1v) is 10.4. The molecule has 0 radical (unpaired) electrons. The molecule has 1 fully saturated rings. The van der Waals surface area contributed by atoms with Crippen molar-refractivity contribution in [2.24, 2.45) is 5.92 Å². The van der Waals surface area contributed by atoms with Gasteiger partial charge in [0.2, 0.25) is 0 Å². The highest BCUT2D eigenvalue weighted by Crippen LogP contribution is 2.29. The van der Waals surface area contributed by atoms with Gasteiger partial charge in [0.1, 0.15) is 9.92 Å². The van der Waals surface area contributed by atoms with Crippen LogP contribution in [0.3, 0.4) is 0 Å². The summed E-state index contributed by atoms with van der Waals surface area (Å²) in [7, 11) is -2.57. The number of rotatable bonds is 5. The molecule has 132 valence electrons. The molecule has 2 aromatic heterocycles. The molecule has 9 heteroatoms. The molecule has 1 aliphatic heterocycles. The molecule has 1 aliphatic rings. The Labute approximate surface area is 147 Å². The summed E-state index contributed by atoms with van der Waals surface area (Å²) in [5.74, 6) is 0.492. The van der Waals surface area contributed by atoms with E-state index in [2.05, 4.69) is 15.4 Å². The number of nitrogens with one attached hydrogen (secondary N) is 2. The molecule has 1 saturated heterocycles. The van der Waals surface area contributed by atoms with E-state index in [1.807, 2.05) is 13.0 Å². The summed E-state index contributed by atoms with van der Waals surface area (Å²) in [6.07, 6.45) is 5.14. The number of pyridine rings is 1. The zero-order valence-electron chi connectivity index (χ0n) is 14.0. The Kier molecular flexibility index (Phi) is 4.98. The second-order valence-corrected chi connectivity index (χ2v) is 8.70. The Morgan fingerprint density at radius 3 is 2.79 bits per heavy atom. The van der Waals surface area contributed by atoms with Crippen LogP contribution in [0.25, 0.3) is 11.0 Å². The van der Waals surface area contributed by atoms with Crippen LogP contribution < -0.4 is 5.32 Å². The number of aromatic nitrogens is 3. The molecule has 3 rings (SSSR count). The number of piperidine rings is 1. The van der Waals surface area contributed by atoms with E-state index >= 15 is 0 Å². The third-order valence-electron chi connectivity index (χ3n) is 4.54. The van der Waals surface area contributed by atoms with Gasteiger partial charge in [0.15, 0.2) is 10.8 Å². The normalized spacial score (nSPS) is 19.5. The van der Waals surface area contributed by atoms with Crippen molar-refractivity contribution in [3.8, 4) is 0 Å². The summed E-state index contributed by atoms with van der Waals surface area (Å²) in [6, 6.07) is 1.92. The predicted molar refractivity (Wildman–Crippen MR) is 97.8 cm³/mol. The standard InChI is InChI=1S/C15H23ClN6OS/c1-3-22-15-13(14(16)20-22)12(4-7-18-15)19-10-11-5-8-21(9-6-11)24(2,17)23/h4,7,11,17H,3,5-6,8-10H2,1-2H3,(H,18,19)/t24-/m1/s1. The monoisotopic (exact) mass is 370 g/mol. The number of halogens is 1. The number of nitrogens with zero attached hydrogens (tertiary/aromatic N) is 4. The molecule has 3 heterocycles. The van der Waals surface area contributed by atoms with Crippen LogP contribution in [0.15, 0.2) is 12.3 Å². The van der Waals surface area contributed by atoms with E-state index in [-0.39, 0.29) is 0 Å². The first-order valence-electron chi connectivity index (χ1n) is 8.14. The summed E-state index contributed by atoms with van der Waals surface area (Å²) < 4.78 is 23.0. The predicted octanol–water partition coefficient (Wildman–Crippen LogP) is 2.82. The fraction of sp³-hybridized carbons (Fsp3) is 0.600. The lowest BCUT2D eigenvalue weighted by Gasteiger charge is -2.31. The van der Waals surface area contributed by atoms with Crippen molar-refractivity contribution in [2.45, 2.75) is 26.3 Å². The van der Waals surface area contributed by atoms with E-state index in [0.29, 0.717) is 24.2 Å². The van der Waals surface area contributed by atoms with Crippen LogP contribution >= 0.6 is 11.6 Å².